The maximum atomic E-state index is 7.00. The smallest absolute Gasteiger partial charge is 0.125 e. The highest BCUT2D eigenvalue weighted by atomic mass is 16.6. The van der Waals surface area contributed by atoms with Gasteiger partial charge in [0.1, 0.15) is 11.9 Å². The molecule has 30 heavy (non-hydrogen) atoms. The number of methoxy groups -OCH3 is 3. The zero-order valence-corrected chi connectivity index (χ0v) is 20.7. The van der Waals surface area contributed by atoms with Gasteiger partial charge in [-0.1, -0.05) is 65.8 Å². The number of aliphatic hydroxyl groups is 1. The van der Waals surface area contributed by atoms with E-state index in [9.17, 15) is 0 Å². The minimum absolute atomic E-state index is 0.0374. The molecule has 0 amide bonds. The average molecular weight is 425 g/mol. The van der Waals surface area contributed by atoms with Crippen LogP contribution in [0.3, 0.4) is 0 Å². The van der Waals surface area contributed by atoms with Gasteiger partial charge in [-0.2, -0.15) is 0 Å². The molecular formula is C25H44O5. The first-order valence-electron chi connectivity index (χ1n) is 11.0. The first kappa shape index (κ1) is 30.5. The second-order valence-electron chi connectivity index (χ2n) is 5.57. The number of hydrogen-bond donors (Lipinski definition) is 1. The van der Waals surface area contributed by atoms with Crippen LogP contribution in [0.4, 0.5) is 0 Å². The van der Waals surface area contributed by atoms with Gasteiger partial charge in [-0.3, -0.25) is 0 Å². The topological polar surface area (TPSA) is 57.2 Å². The monoisotopic (exact) mass is 424 g/mol. The van der Waals surface area contributed by atoms with Crippen molar-refractivity contribution in [3.05, 3.63) is 42.0 Å². The molecule has 5 nitrogen and oxygen atoms in total. The summed E-state index contributed by atoms with van der Waals surface area (Å²) in [5.74, 6) is 0.858. The van der Waals surface area contributed by atoms with E-state index in [1.807, 2.05) is 53.7 Å². The van der Waals surface area contributed by atoms with Crippen LogP contribution in [-0.2, 0) is 14.2 Å². The summed E-state index contributed by atoms with van der Waals surface area (Å²) >= 11 is 0. The highest BCUT2D eigenvalue weighted by Gasteiger charge is 2.37. The van der Waals surface area contributed by atoms with E-state index < -0.39 is 0 Å². The van der Waals surface area contributed by atoms with Crippen molar-refractivity contribution in [1.82, 2.24) is 0 Å². The average Bonchev–Trinajstić information content (AvgIpc) is 3.26. The lowest BCUT2D eigenvalue weighted by atomic mass is 9.99. The highest BCUT2D eigenvalue weighted by molar-refractivity contribution is 5.85. The maximum absolute atomic E-state index is 7.00. The van der Waals surface area contributed by atoms with E-state index in [2.05, 4.69) is 24.3 Å². The molecule has 0 saturated carbocycles. The minimum atomic E-state index is -0.0452. The SMILES string of the molecule is CC.CC.CC.CO.COC[C@H]1O[C@@H](c2cc3ccccc3cc2OC)CC1OC. The van der Waals surface area contributed by atoms with Gasteiger partial charge in [-0.05, 0) is 22.9 Å². The first-order valence-corrected chi connectivity index (χ1v) is 11.0. The molecule has 1 unspecified atom stereocenters. The third-order valence-electron chi connectivity index (χ3n) is 4.28. The van der Waals surface area contributed by atoms with Crippen LogP contribution >= 0.6 is 0 Å². The van der Waals surface area contributed by atoms with Gasteiger partial charge in [0, 0.05) is 33.3 Å². The molecule has 1 N–H and O–H groups in total. The normalized spacial score (nSPS) is 19.0. The van der Waals surface area contributed by atoms with E-state index in [0.29, 0.717) is 6.61 Å². The standard InChI is InChI=1S/C18H22O4.3C2H6.CH4O/c1-19-11-18-17(21-3)10-16(22-18)14-8-12-6-4-5-7-13(12)9-15(14)20-2;4*1-2/h4-9,16-18H,10-11H2,1-3H3;3*1-2H3;2H,1H3/t16-,17?,18-;;;;/m1..../s1. The minimum Gasteiger partial charge on any atom is -0.496 e. The Kier molecular flexibility index (Phi) is 19.7. The van der Waals surface area contributed by atoms with Crippen molar-refractivity contribution >= 4 is 10.8 Å². The van der Waals surface area contributed by atoms with Crippen molar-refractivity contribution < 1.29 is 24.1 Å². The molecule has 5 heteroatoms. The van der Waals surface area contributed by atoms with Gasteiger partial charge >= 0.3 is 0 Å². The van der Waals surface area contributed by atoms with Crippen LogP contribution in [0.1, 0.15) is 59.6 Å². The molecule has 0 aliphatic carbocycles. The fourth-order valence-corrected chi connectivity index (χ4v) is 3.14. The van der Waals surface area contributed by atoms with Gasteiger partial charge in [0.2, 0.25) is 0 Å². The van der Waals surface area contributed by atoms with Crippen LogP contribution in [0.15, 0.2) is 36.4 Å². The Morgan fingerprint density at radius 1 is 0.900 bits per heavy atom. The summed E-state index contributed by atoms with van der Waals surface area (Å²) in [6.07, 6.45) is 0.765. The molecule has 0 bridgehead atoms. The lowest BCUT2D eigenvalue weighted by Gasteiger charge is -2.17. The second kappa shape index (κ2) is 19.3. The predicted octanol–water partition coefficient (Wildman–Crippen LogP) is 6.03. The molecule has 3 rings (SSSR count). The summed E-state index contributed by atoms with van der Waals surface area (Å²) in [7, 11) is 6.10. The van der Waals surface area contributed by atoms with Gasteiger partial charge in [0.15, 0.2) is 0 Å². The van der Waals surface area contributed by atoms with Crippen LogP contribution in [0.2, 0.25) is 0 Å². The molecule has 1 fully saturated rings. The molecule has 2 aromatic rings. The lowest BCUT2D eigenvalue weighted by Crippen LogP contribution is -2.27. The number of aliphatic hydroxyl groups excluding tert-OH is 1. The van der Waals surface area contributed by atoms with Crippen LogP contribution in [0.25, 0.3) is 10.8 Å². The molecule has 1 saturated heterocycles. The largest absolute Gasteiger partial charge is 0.496 e. The Morgan fingerprint density at radius 2 is 1.43 bits per heavy atom. The number of benzene rings is 2. The van der Waals surface area contributed by atoms with Gasteiger partial charge in [0.25, 0.3) is 0 Å². The summed E-state index contributed by atoms with van der Waals surface area (Å²) in [4.78, 5) is 0. The second-order valence-corrected chi connectivity index (χ2v) is 5.57. The highest BCUT2D eigenvalue weighted by Crippen LogP contribution is 2.40. The predicted molar refractivity (Wildman–Crippen MR) is 128 cm³/mol. The zero-order valence-electron chi connectivity index (χ0n) is 20.7. The molecule has 0 radical (unpaired) electrons. The van der Waals surface area contributed by atoms with Crippen LogP contribution < -0.4 is 4.74 Å². The third-order valence-corrected chi connectivity index (χ3v) is 4.28. The van der Waals surface area contributed by atoms with E-state index >= 15 is 0 Å². The fraction of sp³-hybridized carbons (Fsp3) is 0.600. The molecule has 3 atom stereocenters. The quantitative estimate of drug-likeness (QED) is 0.635. The number of hydrogen-bond acceptors (Lipinski definition) is 5. The van der Waals surface area contributed by atoms with Gasteiger partial charge < -0.3 is 24.1 Å². The molecule has 1 heterocycles. The van der Waals surface area contributed by atoms with E-state index in [1.165, 1.54) is 5.39 Å². The Balaban J connectivity index is 0. The van der Waals surface area contributed by atoms with E-state index in [4.69, 9.17) is 24.1 Å². The molecular weight excluding hydrogens is 380 g/mol. The first-order chi connectivity index (χ1) is 14.8. The van der Waals surface area contributed by atoms with E-state index in [-0.39, 0.29) is 18.3 Å². The molecule has 2 aromatic carbocycles. The Morgan fingerprint density at radius 3 is 1.90 bits per heavy atom. The van der Waals surface area contributed by atoms with Crippen molar-refractivity contribution in [3.63, 3.8) is 0 Å². The third kappa shape index (κ3) is 8.60. The Hall–Kier alpha value is -1.66. The molecule has 0 aromatic heterocycles. The van der Waals surface area contributed by atoms with Gasteiger partial charge in [-0.25, -0.2) is 0 Å². The van der Waals surface area contributed by atoms with Crippen LogP contribution in [0.5, 0.6) is 5.75 Å². The summed E-state index contributed by atoms with van der Waals surface area (Å²) in [5.41, 5.74) is 1.07. The van der Waals surface area contributed by atoms with E-state index in [1.54, 1.807) is 21.3 Å². The number of fused-ring (bicyclic) bond motifs is 1. The van der Waals surface area contributed by atoms with Crippen LogP contribution in [0, 0.1) is 0 Å². The molecule has 1 aliphatic rings. The zero-order chi connectivity index (χ0) is 23.5. The Bertz CT molecular complexity index is 644. The molecule has 1 aliphatic heterocycles. The van der Waals surface area contributed by atoms with Crippen molar-refractivity contribution in [2.75, 3.05) is 35.0 Å². The van der Waals surface area contributed by atoms with Crippen LogP contribution in [-0.4, -0.2) is 52.4 Å². The van der Waals surface area contributed by atoms with E-state index in [0.717, 1.165) is 30.2 Å². The summed E-state index contributed by atoms with van der Waals surface area (Å²) < 4.78 is 22.5. The number of ether oxygens (including phenoxy) is 4. The van der Waals surface area contributed by atoms with Crippen molar-refractivity contribution in [3.8, 4) is 5.75 Å². The maximum Gasteiger partial charge on any atom is 0.125 e. The molecule has 0 spiro atoms. The van der Waals surface area contributed by atoms with Crippen molar-refractivity contribution in [2.24, 2.45) is 0 Å². The summed E-state index contributed by atoms with van der Waals surface area (Å²) in [6.45, 7) is 12.5. The fourth-order valence-electron chi connectivity index (χ4n) is 3.14. The van der Waals surface area contributed by atoms with Gasteiger partial charge in [0.05, 0.1) is 25.9 Å². The molecule has 174 valence electrons. The van der Waals surface area contributed by atoms with Crippen molar-refractivity contribution in [1.29, 1.82) is 0 Å². The Labute approximate surface area is 184 Å². The summed E-state index contributed by atoms with van der Waals surface area (Å²) in [6, 6.07) is 12.5. The van der Waals surface area contributed by atoms with Crippen molar-refractivity contribution in [2.45, 2.75) is 66.3 Å². The van der Waals surface area contributed by atoms with Gasteiger partial charge in [-0.15, -0.1) is 0 Å². The number of rotatable bonds is 5. The lowest BCUT2D eigenvalue weighted by molar-refractivity contribution is -0.0448. The summed E-state index contributed by atoms with van der Waals surface area (Å²) in [5, 5.41) is 9.35.